The summed E-state index contributed by atoms with van der Waals surface area (Å²) >= 11 is 0. The second-order valence-corrected chi connectivity index (χ2v) is 32.0. The summed E-state index contributed by atoms with van der Waals surface area (Å²) in [6.45, 7) is -4.67. The van der Waals surface area contributed by atoms with E-state index in [-0.39, 0.29) is 107 Å². The average Bonchev–Trinajstić information content (AvgIpc) is 0.762. The van der Waals surface area contributed by atoms with Gasteiger partial charge >= 0.3 is 40.6 Å². The molecule has 0 aliphatic carbocycles. The van der Waals surface area contributed by atoms with Crippen molar-refractivity contribution < 1.29 is 232 Å². The summed E-state index contributed by atoms with van der Waals surface area (Å²) in [5, 5.41) is 284. The van der Waals surface area contributed by atoms with Gasteiger partial charge in [-0.1, -0.05) is 6.07 Å². The Morgan fingerprint density at radius 3 is 0.993 bits per heavy atom. The lowest BCUT2D eigenvalue weighted by Crippen LogP contribution is -2.65. The van der Waals surface area contributed by atoms with Crippen molar-refractivity contribution in [1.82, 2.24) is 0 Å². The van der Waals surface area contributed by atoms with E-state index in [2.05, 4.69) is 0 Å². The van der Waals surface area contributed by atoms with E-state index >= 15 is 0 Å². The van der Waals surface area contributed by atoms with Crippen molar-refractivity contribution in [2.24, 2.45) is 0 Å². The number of carbonyl (C=O) groups excluding carboxylic acids is 3. The smallest absolute Gasteiger partial charge is 0.402 e. The van der Waals surface area contributed by atoms with Crippen LogP contribution in [0.25, 0.3) is 50.7 Å². The van der Waals surface area contributed by atoms with Gasteiger partial charge in [-0.25, -0.2) is 23.2 Å². The fraction of sp³-hybridized carbons (Fsp3) is 0.404. The second kappa shape index (κ2) is 43.2. The topological polar surface area (TPSA) is 758 Å². The van der Waals surface area contributed by atoms with Gasteiger partial charge in [0.1, 0.15) is 211 Å². The van der Waals surface area contributed by atoms with E-state index in [4.69, 9.17) is 79.9 Å². The molecule has 8 heterocycles. The molecule has 0 amide bonds. The van der Waals surface area contributed by atoms with Crippen LogP contribution in [0.5, 0.6) is 69.0 Å². The molecule has 0 spiro atoms. The molecule has 47 nitrogen and oxygen atoms in total. The van der Waals surface area contributed by atoms with Crippen molar-refractivity contribution in [1.29, 1.82) is 0 Å². The van der Waals surface area contributed by atoms with Crippen LogP contribution in [-0.2, 0) is 56.9 Å². The zero-order chi connectivity index (χ0) is 97.7. The molecule has 6 saturated heterocycles. The summed E-state index contributed by atoms with van der Waals surface area (Å²) in [4.78, 5) is 38.4. The Hall–Kier alpha value is -12.0. The lowest BCUT2D eigenvalue weighted by atomic mass is 9.97. The number of phenols is 8. The summed E-state index contributed by atoms with van der Waals surface area (Å²) in [6, 6.07) is 31.4. The Bertz CT molecular complexity index is 5620. The molecule has 15 rings (SSSR count). The number of benzene rings is 7. The number of aliphatic hydroxyl groups is 19. The van der Waals surface area contributed by atoms with Crippen LogP contribution in [0.3, 0.4) is 0 Å². The minimum Gasteiger partial charge on any atom is -0.508 e. The van der Waals surface area contributed by atoms with Gasteiger partial charge in [0.05, 0.1) is 54.2 Å². The van der Waals surface area contributed by atoms with Crippen molar-refractivity contribution >= 4 is 45.9 Å². The zero-order valence-electron chi connectivity index (χ0n) is 70.4. The Morgan fingerprint density at radius 1 is 0.301 bits per heavy atom. The Kier molecular flexibility index (Phi) is 31.7. The molecule has 6 fully saturated rings. The summed E-state index contributed by atoms with van der Waals surface area (Å²) in [6.07, 6.45) is -53.0. The maximum absolute atomic E-state index is 12.9. The number of rotatable bonds is 27. The van der Waals surface area contributed by atoms with E-state index in [9.17, 15) is 152 Å². The highest BCUT2D eigenvalue weighted by molar-refractivity contribution is 5.92. The molecule has 136 heavy (non-hydrogen) atoms. The first kappa shape index (κ1) is 100.0. The standard InChI is InChI=1S/C49H50O25.C40H44O22/c50-17-32-36(57)39(60)42(63)47(71-32)69-30-15-25(53)14-29-26(30)16-31(44(68-29)21-3-7-23(51)8-4-21)70-49-45(41(62)38(59)33(73-49)18-66-35(56)12-2-20-1-11-27(54)28(55)13-20)74-48-43(64)40(61)37(58)34(72-48)19-67-46(65)22-5-9-24(52)10-6-22;41-12-24-27(46)30(49)33(52)38(59-24)57-22-10-19(45)9-21-20(22)11-23(35(56-21)15-1-5-17(43)6-2-15)58-40-36(32(51)28(47)25(13-42)60-40)62-39-34(53)31(50)29(48)26(61-39)14-55-37(54)16-3-7-18(44)8-4-16/h1-16,32-34,36-43,45,47-50,57-64H,17-19H2,(H4-,51,52,53,54,55,56,65);1-11,24-34,36,38-42,46-53H,12-14H2,(H2-,43,44,45,54)/p+2. The van der Waals surface area contributed by atoms with E-state index in [1.54, 1.807) is 0 Å². The molecular formula is C89H96O47+2. The monoisotopic (exact) mass is 1920 g/mol. The third kappa shape index (κ3) is 22.3. The molecule has 2 aromatic heterocycles. The van der Waals surface area contributed by atoms with E-state index in [0.717, 1.165) is 30.3 Å². The van der Waals surface area contributed by atoms with Gasteiger partial charge in [-0.15, -0.1) is 0 Å². The summed E-state index contributed by atoms with van der Waals surface area (Å²) in [5.41, 5.74) is 0.470. The Labute approximate surface area is 765 Å². The zero-order valence-corrected chi connectivity index (χ0v) is 70.4. The lowest BCUT2D eigenvalue weighted by molar-refractivity contribution is -0.357. The predicted octanol–water partition coefficient (Wildman–Crippen LogP) is -3.24. The Morgan fingerprint density at radius 2 is 0.618 bits per heavy atom. The second-order valence-electron chi connectivity index (χ2n) is 32.0. The van der Waals surface area contributed by atoms with Crippen molar-refractivity contribution in [2.45, 2.75) is 184 Å². The number of esters is 3. The Balaban J connectivity index is 0.000000221. The summed E-state index contributed by atoms with van der Waals surface area (Å²) < 4.78 is 99.1. The number of hydrogen-bond donors (Lipinski definition) is 27. The minimum absolute atomic E-state index is 0.0108. The van der Waals surface area contributed by atoms with Crippen LogP contribution in [0.1, 0.15) is 26.3 Å². The van der Waals surface area contributed by atoms with Crippen LogP contribution in [0, 0.1) is 0 Å². The molecule has 732 valence electrons. The number of ether oxygens (including phenoxy) is 15. The van der Waals surface area contributed by atoms with Gasteiger partial charge in [0.2, 0.25) is 36.7 Å². The van der Waals surface area contributed by atoms with Crippen molar-refractivity contribution in [3.05, 3.63) is 174 Å². The maximum atomic E-state index is 12.9. The maximum Gasteiger partial charge on any atom is 0.402 e. The largest absolute Gasteiger partial charge is 0.508 e. The van der Waals surface area contributed by atoms with E-state index in [1.807, 2.05) is 0 Å². The highest BCUT2D eigenvalue weighted by Crippen LogP contribution is 2.47. The van der Waals surface area contributed by atoms with Crippen LogP contribution in [0.4, 0.5) is 0 Å². The van der Waals surface area contributed by atoms with Crippen LogP contribution < -0.4 is 18.9 Å². The average molecular weight is 1920 g/mol. The molecule has 30 unspecified atom stereocenters. The van der Waals surface area contributed by atoms with Gasteiger partial charge in [0.25, 0.3) is 0 Å². The molecular weight excluding hydrogens is 1820 g/mol. The van der Waals surface area contributed by atoms with Crippen molar-refractivity contribution in [3.63, 3.8) is 0 Å². The van der Waals surface area contributed by atoms with Crippen LogP contribution in [-0.4, -0.2) is 380 Å². The number of hydrogen-bond acceptors (Lipinski definition) is 45. The molecule has 27 N–H and O–H groups in total. The van der Waals surface area contributed by atoms with Crippen LogP contribution in [0.15, 0.2) is 167 Å². The van der Waals surface area contributed by atoms with Gasteiger partial charge in [0.15, 0.2) is 36.3 Å². The van der Waals surface area contributed by atoms with Gasteiger partial charge in [-0.2, -0.15) is 0 Å². The molecule has 47 heteroatoms. The number of aromatic hydroxyl groups is 8. The van der Waals surface area contributed by atoms with Gasteiger partial charge in [0, 0.05) is 30.3 Å². The molecule has 0 saturated carbocycles. The molecule has 6 aliphatic rings. The SMILES string of the molecule is O=C(/C=C/c1ccc(O)c(O)c1)OCC1OC(Oc2cc3c(OC4OC(CO)C(O)C(O)C4O)cc(O)cc3[o+]c2-c2ccc(O)cc2)C(OC2OC(COC(=O)c3ccc(O)cc3)C(O)C(O)C2O)C(O)C1O.O=C(OCC1OC(OC2C(Oc3cc4c(OC5OC(CO)C(O)C(O)C5O)cc(O)cc4[o+]c3-c3ccc(O)cc3)OC(CO)C(O)C2O)C(O)C(O)C1O)c1ccc(O)cc1. The van der Waals surface area contributed by atoms with Crippen molar-refractivity contribution in [3.8, 4) is 91.6 Å². The van der Waals surface area contributed by atoms with Crippen molar-refractivity contribution in [2.75, 3.05) is 39.6 Å². The lowest BCUT2D eigenvalue weighted by Gasteiger charge is -2.45. The highest BCUT2D eigenvalue weighted by atomic mass is 16.8. The molecule has 0 radical (unpaired) electrons. The molecule has 6 aliphatic heterocycles. The fourth-order valence-electron chi connectivity index (χ4n) is 15.1. The van der Waals surface area contributed by atoms with Crippen LogP contribution in [0.2, 0.25) is 0 Å². The molecule has 9 aromatic rings. The minimum atomic E-state index is -2.13. The predicted molar refractivity (Wildman–Crippen MR) is 447 cm³/mol. The van der Waals surface area contributed by atoms with Gasteiger partial charge < -0.3 is 209 Å². The summed E-state index contributed by atoms with van der Waals surface area (Å²) in [5.74, 6) is -6.71. The molecule has 0 bridgehead atoms. The van der Waals surface area contributed by atoms with Gasteiger partial charge in [-0.05, 0) is 121 Å². The van der Waals surface area contributed by atoms with Gasteiger partial charge in [-0.3, -0.25) is 0 Å². The molecule has 30 atom stereocenters. The van der Waals surface area contributed by atoms with Crippen LogP contribution >= 0.6 is 0 Å². The third-order valence-electron chi connectivity index (χ3n) is 22.7. The molecule has 7 aromatic carbocycles. The highest BCUT2D eigenvalue weighted by Gasteiger charge is 2.56. The fourth-order valence-corrected chi connectivity index (χ4v) is 15.1. The number of fused-ring (bicyclic) bond motifs is 2. The first-order valence-electron chi connectivity index (χ1n) is 41.7. The summed E-state index contributed by atoms with van der Waals surface area (Å²) in [7, 11) is 0. The number of aliphatic hydroxyl groups excluding tert-OH is 19. The quantitative estimate of drug-likeness (QED) is 0.00791. The first-order valence-corrected chi connectivity index (χ1v) is 41.7. The normalized spacial score (nSPS) is 31.8. The third-order valence-corrected chi connectivity index (χ3v) is 22.7. The number of phenolic OH excluding ortho intramolecular Hbond substituents is 8. The van der Waals surface area contributed by atoms with E-state index < -0.39 is 265 Å². The van der Waals surface area contributed by atoms with E-state index in [0.29, 0.717) is 0 Å². The number of carbonyl (C=O) groups is 3. The van der Waals surface area contributed by atoms with E-state index in [1.165, 1.54) is 133 Å². The first-order chi connectivity index (χ1) is 64.9.